The maximum atomic E-state index is 12.4. The molecule has 0 aromatic heterocycles. The number of aliphatic hydroxyl groups excluding tert-OH is 1. The standard InChI is InChI=1S/C15H30N2O2/c1-3-9-16(10-4-2)15(19)12-17-11-7-5-6-8-14(17)13-18/h14,18H,3-13H2,1-2H3. The van der Waals surface area contributed by atoms with E-state index in [-0.39, 0.29) is 18.6 Å². The lowest BCUT2D eigenvalue weighted by Gasteiger charge is -2.30. The fourth-order valence-corrected chi connectivity index (χ4v) is 2.83. The van der Waals surface area contributed by atoms with E-state index in [1.165, 1.54) is 12.8 Å². The van der Waals surface area contributed by atoms with Gasteiger partial charge in [-0.2, -0.15) is 0 Å². The molecule has 0 saturated carbocycles. The van der Waals surface area contributed by atoms with Gasteiger partial charge in [0.1, 0.15) is 0 Å². The summed E-state index contributed by atoms with van der Waals surface area (Å²) in [6.07, 6.45) is 6.57. The fourth-order valence-electron chi connectivity index (χ4n) is 2.83. The number of aliphatic hydroxyl groups is 1. The topological polar surface area (TPSA) is 43.8 Å². The van der Waals surface area contributed by atoms with E-state index < -0.39 is 0 Å². The Labute approximate surface area is 117 Å². The lowest BCUT2D eigenvalue weighted by atomic mass is 10.1. The molecule has 0 radical (unpaired) electrons. The van der Waals surface area contributed by atoms with Crippen molar-refractivity contribution in [2.24, 2.45) is 0 Å². The summed E-state index contributed by atoms with van der Waals surface area (Å²) in [6, 6.07) is 0.177. The molecular formula is C15H30N2O2. The summed E-state index contributed by atoms with van der Waals surface area (Å²) >= 11 is 0. The first-order valence-corrected chi connectivity index (χ1v) is 7.85. The van der Waals surface area contributed by atoms with E-state index in [9.17, 15) is 9.90 Å². The summed E-state index contributed by atoms with van der Waals surface area (Å²) in [7, 11) is 0. The molecule has 112 valence electrons. The minimum atomic E-state index is 0.175. The van der Waals surface area contributed by atoms with Crippen molar-refractivity contribution in [3.8, 4) is 0 Å². The van der Waals surface area contributed by atoms with Gasteiger partial charge in [0.25, 0.3) is 0 Å². The van der Waals surface area contributed by atoms with E-state index in [0.717, 1.165) is 45.3 Å². The van der Waals surface area contributed by atoms with Gasteiger partial charge in [-0.1, -0.05) is 26.7 Å². The van der Waals surface area contributed by atoms with Crippen LogP contribution in [0.15, 0.2) is 0 Å². The highest BCUT2D eigenvalue weighted by Crippen LogP contribution is 2.16. The molecule has 1 atom stereocenters. The van der Waals surface area contributed by atoms with E-state index in [1.807, 2.05) is 4.90 Å². The summed E-state index contributed by atoms with van der Waals surface area (Å²) in [4.78, 5) is 16.5. The van der Waals surface area contributed by atoms with Crippen LogP contribution in [0, 0.1) is 0 Å². The molecule has 1 saturated heterocycles. The van der Waals surface area contributed by atoms with Crippen molar-refractivity contribution in [1.82, 2.24) is 9.80 Å². The Bertz CT molecular complexity index is 253. The van der Waals surface area contributed by atoms with E-state index >= 15 is 0 Å². The average molecular weight is 270 g/mol. The van der Waals surface area contributed by atoms with Crippen LogP contribution >= 0.6 is 0 Å². The quantitative estimate of drug-likeness (QED) is 0.768. The minimum absolute atomic E-state index is 0.175. The van der Waals surface area contributed by atoms with Gasteiger partial charge in [0.05, 0.1) is 13.2 Å². The second-order valence-corrected chi connectivity index (χ2v) is 5.54. The van der Waals surface area contributed by atoms with Gasteiger partial charge in [-0.3, -0.25) is 9.69 Å². The molecule has 1 unspecified atom stereocenters. The van der Waals surface area contributed by atoms with E-state index in [4.69, 9.17) is 0 Å². The van der Waals surface area contributed by atoms with Crippen LogP contribution < -0.4 is 0 Å². The van der Waals surface area contributed by atoms with Crippen molar-refractivity contribution < 1.29 is 9.90 Å². The van der Waals surface area contributed by atoms with Gasteiger partial charge in [-0.15, -0.1) is 0 Å². The summed E-state index contributed by atoms with van der Waals surface area (Å²) in [5.41, 5.74) is 0. The number of amides is 1. The third-order valence-electron chi connectivity index (χ3n) is 3.89. The Balaban J connectivity index is 2.55. The maximum absolute atomic E-state index is 12.4. The zero-order chi connectivity index (χ0) is 14.1. The molecule has 4 nitrogen and oxygen atoms in total. The zero-order valence-electron chi connectivity index (χ0n) is 12.6. The van der Waals surface area contributed by atoms with Gasteiger partial charge in [-0.25, -0.2) is 0 Å². The molecule has 1 amide bonds. The number of likely N-dealkylation sites (tertiary alicyclic amines) is 1. The predicted octanol–water partition coefficient (Wildman–Crippen LogP) is 1.87. The molecule has 0 bridgehead atoms. The molecule has 0 spiro atoms. The normalized spacial score (nSPS) is 21.1. The first-order valence-electron chi connectivity index (χ1n) is 7.85. The molecule has 0 aromatic carbocycles. The van der Waals surface area contributed by atoms with Gasteiger partial charge in [0.2, 0.25) is 5.91 Å². The molecule has 1 aliphatic rings. The lowest BCUT2D eigenvalue weighted by Crippen LogP contribution is -2.46. The largest absolute Gasteiger partial charge is 0.395 e. The molecule has 0 aromatic rings. The lowest BCUT2D eigenvalue weighted by molar-refractivity contribution is -0.133. The van der Waals surface area contributed by atoms with E-state index in [0.29, 0.717) is 6.54 Å². The first-order chi connectivity index (χ1) is 9.22. The molecular weight excluding hydrogens is 240 g/mol. The zero-order valence-corrected chi connectivity index (χ0v) is 12.6. The molecule has 1 rings (SSSR count). The minimum Gasteiger partial charge on any atom is -0.395 e. The highest BCUT2D eigenvalue weighted by molar-refractivity contribution is 5.78. The number of hydrogen-bond acceptors (Lipinski definition) is 3. The summed E-state index contributed by atoms with van der Waals surface area (Å²) < 4.78 is 0. The average Bonchev–Trinajstić information content (AvgIpc) is 2.63. The van der Waals surface area contributed by atoms with Gasteiger partial charge >= 0.3 is 0 Å². The van der Waals surface area contributed by atoms with Crippen LogP contribution in [0.25, 0.3) is 0 Å². The van der Waals surface area contributed by atoms with Crippen LogP contribution in [-0.2, 0) is 4.79 Å². The molecule has 0 aliphatic carbocycles. The predicted molar refractivity (Wildman–Crippen MR) is 78.1 cm³/mol. The van der Waals surface area contributed by atoms with Crippen molar-refractivity contribution in [2.45, 2.75) is 58.4 Å². The fraction of sp³-hybridized carbons (Fsp3) is 0.933. The molecule has 1 N–H and O–H groups in total. The molecule has 19 heavy (non-hydrogen) atoms. The summed E-state index contributed by atoms with van der Waals surface area (Å²) in [6.45, 7) is 7.52. The van der Waals surface area contributed by atoms with Crippen LogP contribution in [0.4, 0.5) is 0 Å². The third kappa shape index (κ3) is 5.49. The molecule has 1 heterocycles. The maximum Gasteiger partial charge on any atom is 0.236 e. The van der Waals surface area contributed by atoms with Crippen LogP contribution in [0.1, 0.15) is 52.4 Å². The van der Waals surface area contributed by atoms with E-state index in [2.05, 4.69) is 18.7 Å². The Kier molecular flexibility index (Phi) is 8.07. The van der Waals surface area contributed by atoms with Crippen LogP contribution in [0.3, 0.4) is 0 Å². The second-order valence-electron chi connectivity index (χ2n) is 5.54. The number of carbonyl (C=O) groups excluding carboxylic acids is 1. The number of rotatable bonds is 7. The Morgan fingerprint density at radius 3 is 2.47 bits per heavy atom. The summed E-state index contributed by atoms with van der Waals surface area (Å²) in [5, 5.41) is 9.48. The van der Waals surface area contributed by atoms with Crippen molar-refractivity contribution in [3.63, 3.8) is 0 Å². The number of carbonyl (C=O) groups is 1. The Hall–Kier alpha value is -0.610. The van der Waals surface area contributed by atoms with Crippen LogP contribution in [-0.4, -0.2) is 59.6 Å². The van der Waals surface area contributed by atoms with Gasteiger partial charge < -0.3 is 10.0 Å². The molecule has 4 heteroatoms. The highest BCUT2D eigenvalue weighted by Gasteiger charge is 2.24. The smallest absolute Gasteiger partial charge is 0.236 e. The highest BCUT2D eigenvalue weighted by atomic mass is 16.3. The molecule has 1 fully saturated rings. The third-order valence-corrected chi connectivity index (χ3v) is 3.89. The first kappa shape index (κ1) is 16.4. The Morgan fingerprint density at radius 1 is 1.21 bits per heavy atom. The van der Waals surface area contributed by atoms with Gasteiger partial charge in [-0.05, 0) is 32.2 Å². The number of hydrogen-bond donors (Lipinski definition) is 1. The van der Waals surface area contributed by atoms with Gasteiger partial charge in [0.15, 0.2) is 0 Å². The van der Waals surface area contributed by atoms with Crippen molar-refractivity contribution >= 4 is 5.91 Å². The van der Waals surface area contributed by atoms with Crippen molar-refractivity contribution in [1.29, 1.82) is 0 Å². The van der Waals surface area contributed by atoms with Gasteiger partial charge in [0, 0.05) is 19.1 Å². The summed E-state index contributed by atoms with van der Waals surface area (Å²) in [5.74, 6) is 0.226. The monoisotopic (exact) mass is 270 g/mol. The van der Waals surface area contributed by atoms with Crippen LogP contribution in [0.2, 0.25) is 0 Å². The van der Waals surface area contributed by atoms with E-state index in [1.54, 1.807) is 0 Å². The molecule has 1 aliphatic heterocycles. The Morgan fingerprint density at radius 2 is 1.89 bits per heavy atom. The van der Waals surface area contributed by atoms with Crippen molar-refractivity contribution in [2.75, 3.05) is 32.8 Å². The second kappa shape index (κ2) is 9.32. The van der Waals surface area contributed by atoms with Crippen molar-refractivity contribution in [3.05, 3.63) is 0 Å². The van der Waals surface area contributed by atoms with Crippen LogP contribution in [0.5, 0.6) is 0 Å². The SMILES string of the molecule is CCCN(CCC)C(=O)CN1CCCCCC1CO. The number of nitrogens with zero attached hydrogens (tertiary/aromatic N) is 2.